The van der Waals surface area contributed by atoms with Gasteiger partial charge in [-0.25, -0.2) is 0 Å². The fourth-order valence-electron chi connectivity index (χ4n) is 2.57. The van der Waals surface area contributed by atoms with Crippen molar-refractivity contribution in [3.05, 3.63) is 83.9 Å². The first-order valence-corrected chi connectivity index (χ1v) is 7.38. The molecule has 1 nitrogen and oxygen atoms in total. The Kier molecular flexibility index (Phi) is 7.10. The zero-order valence-corrected chi connectivity index (χ0v) is 16.5. The van der Waals surface area contributed by atoms with Gasteiger partial charge in [-0.05, 0) is 21.9 Å². The summed E-state index contributed by atoms with van der Waals surface area (Å²) in [6, 6.07) is 19.1. The van der Waals surface area contributed by atoms with E-state index in [9.17, 15) is 12.9 Å². The van der Waals surface area contributed by atoms with E-state index in [-0.39, 0.29) is 63.6 Å². The minimum Gasteiger partial charge on any atom is -0.447 e. The smallest absolute Gasteiger partial charge is 0.447 e. The van der Waals surface area contributed by atoms with E-state index in [0.717, 1.165) is 16.3 Å². The molecular weight excluding hydrogens is 339 g/mol. The molecule has 118 valence electrons. The molecule has 0 bridgehead atoms. The summed E-state index contributed by atoms with van der Waals surface area (Å²) in [5.74, 6) is 0. The van der Waals surface area contributed by atoms with Gasteiger partial charge in [0.15, 0.2) is 0 Å². The second kappa shape index (κ2) is 8.65. The van der Waals surface area contributed by atoms with E-state index in [1.165, 1.54) is 6.07 Å². The van der Waals surface area contributed by atoms with Crippen molar-refractivity contribution in [1.82, 2.24) is 0 Å². The average molecular weight is 354 g/mol. The summed E-state index contributed by atoms with van der Waals surface area (Å²) in [4.78, 5) is 0. The molecule has 0 aliphatic heterocycles. The minimum absolute atomic E-state index is 0. The molecule has 0 saturated carbocycles. The zero-order chi connectivity index (χ0) is 16.3. The third-order valence-corrected chi connectivity index (χ3v) is 3.72. The SMILES string of the molecule is F[B-](F)(F)C(OCc1ccccc1)c1ccc2ccccc2c1.[K+]. The van der Waals surface area contributed by atoms with E-state index in [1.807, 2.05) is 24.3 Å². The molecular formula is C18H15BF3KO. The first-order valence-electron chi connectivity index (χ1n) is 7.38. The summed E-state index contributed by atoms with van der Waals surface area (Å²) >= 11 is 0. The van der Waals surface area contributed by atoms with E-state index in [2.05, 4.69) is 0 Å². The van der Waals surface area contributed by atoms with Crippen LogP contribution >= 0.6 is 0 Å². The Balaban J connectivity index is 0.00000208. The van der Waals surface area contributed by atoms with Gasteiger partial charge in [0.2, 0.25) is 0 Å². The Morgan fingerprint density at radius 1 is 0.792 bits per heavy atom. The van der Waals surface area contributed by atoms with Gasteiger partial charge in [0, 0.05) is 0 Å². The van der Waals surface area contributed by atoms with E-state index in [0.29, 0.717) is 0 Å². The van der Waals surface area contributed by atoms with Gasteiger partial charge in [-0.2, -0.15) is 0 Å². The topological polar surface area (TPSA) is 9.23 Å². The van der Waals surface area contributed by atoms with Gasteiger partial charge in [0.25, 0.3) is 0 Å². The molecule has 0 N–H and O–H groups in total. The Morgan fingerprint density at radius 2 is 1.42 bits per heavy atom. The van der Waals surface area contributed by atoms with Crippen LogP contribution in [0, 0.1) is 0 Å². The molecule has 1 atom stereocenters. The van der Waals surface area contributed by atoms with E-state index < -0.39 is 13.0 Å². The van der Waals surface area contributed by atoms with Crippen LogP contribution in [-0.4, -0.2) is 6.98 Å². The second-order valence-corrected chi connectivity index (χ2v) is 5.45. The fourth-order valence-corrected chi connectivity index (χ4v) is 2.57. The number of halogens is 3. The molecule has 3 aromatic rings. The van der Waals surface area contributed by atoms with Crippen molar-refractivity contribution >= 4 is 17.7 Å². The van der Waals surface area contributed by atoms with E-state index in [4.69, 9.17) is 4.74 Å². The first kappa shape index (κ1) is 19.7. The third kappa shape index (κ3) is 4.94. The van der Waals surface area contributed by atoms with Gasteiger partial charge in [-0.1, -0.05) is 72.8 Å². The quantitative estimate of drug-likeness (QED) is 0.640. The summed E-state index contributed by atoms with van der Waals surface area (Å²) in [5.41, 5.74) is 0.866. The molecule has 0 amide bonds. The van der Waals surface area contributed by atoms with Gasteiger partial charge in [-0.3, -0.25) is 0 Å². The molecule has 0 saturated heterocycles. The maximum absolute atomic E-state index is 13.4. The number of rotatable bonds is 5. The molecule has 24 heavy (non-hydrogen) atoms. The van der Waals surface area contributed by atoms with Crippen LogP contribution < -0.4 is 51.4 Å². The number of ether oxygens (including phenoxy) is 1. The minimum atomic E-state index is -5.15. The summed E-state index contributed by atoms with van der Waals surface area (Å²) in [6.07, 6.45) is 0. The van der Waals surface area contributed by atoms with Crippen molar-refractivity contribution in [2.24, 2.45) is 0 Å². The van der Waals surface area contributed by atoms with Gasteiger partial charge in [0.1, 0.15) is 0 Å². The first-order chi connectivity index (χ1) is 11.0. The van der Waals surface area contributed by atoms with Gasteiger partial charge < -0.3 is 17.7 Å². The molecule has 0 radical (unpaired) electrons. The van der Waals surface area contributed by atoms with Crippen molar-refractivity contribution in [1.29, 1.82) is 0 Å². The normalized spacial score (nSPS) is 12.6. The Hall–Kier alpha value is -0.629. The van der Waals surface area contributed by atoms with Crippen LogP contribution in [0.1, 0.15) is 17.1 Å². The van der Waals surface area contributed by atoms with Crippen LogP contribution in [0.15, 0.2) is 72.8 Å². The van der Waals surface area contributed by atoms with Crippen LogP contribution in [0.2, 0.25) is 0 Å². The van der Waals surface area contributed by atoms with Crippen molar-refractivity contribution in [2.75, 3.05) is 0 Å². The summed E-state index contributed by atoms with van der Waals surface area (Å²) < 4.78 is 45.6. The van der Waals surface area contributed by atoms with Crippen molar-refractivity contribution < 1.29 is 69.1 Å². The van der Waals surface area contributed by atoms with E-state index in [1.54, 1.807) is 42.5 Å². The average Bonchev–Trinajstić information content (AvgIpc) is 2.54. The largest absolute Gasteiger partial charge is 1.00 e. The molecule has 0 fully saturated rings. The van der Waals surface area contributed by atoms with Gasteiger partial charge in [0.05, 0.1) is 12.6 Å². The number of fused-ring (bicyclic) bond motifs is 1. The predicted octanol–water partition coefficient (Wildman–Crippen LogP) is 2.49. The molecule has 0 aromatic heterocycles. The zero-order valence-electron chi connectivity index (χ0n) is 13.3. The Labute approximate surface area is 181 Å². The Bertz CT molecular complexity index is 793. The van der Waals surface area contributed by atoms with Crippen molar-refractivity contribution in [3.63, 3.8) is 0 Å². The summed E-state index contributed by atoms with van der Waals surface area (Å²) in [5, 5.41) is 1.69. The monoisotopic (exact) mass is 354 g/mol. The molecule has 3 rings (SSSR count). The molecule has 1 unspecified atom stereocenters. The predicted molar refractivity (Wildman–Crippen MR) is 87.0 cm³/mol. The van der Waals surface area contributed by atoms with Crippen LogP contribution in [0.25, 0.3) is 10.8 Å². The van der Waals surface area contributed by atoms with Crippen LogP contribution in [0.4, 0.5) is 12.9 Å². The maximum atomic E-state index is 13.4. The van der Waals surface area contributed by atoms with Gasteiger partial charge >= 0.3 is 58.4 Å². The van der Waals surface area contributed by atoms with Crippen molar-refractivity contribution in [3.8, 4) is 0 Å². The summed E-state index contributed by atoms with van der Waals surface area (Å²) in [7, 11) is 0. The molecule has 0 aliphatic rings. The number of hydrogen-bond acceptors (Lipinski definition) is 1. The Morgan fingerprint density at radius 3 is 2.08 bits per heavy atom. The molecule has 0 aliphatic carbocycles. The summed E-state index contributed by atoms with van der Waals surface area (Å²) in [6.45, 7) is -5.22. The van der Waals surface area contributed by atoms with E-state index >= 15 is 0 Å². The van der Waals surface area contributed by atoms with Gasteiger partial charge in [-0.15, -0.1) is 0 Å². The van der Waals surface area contributed by atoms with Crippen LogP contribution in [0.5, 0.6) is 0 Å². The number of benzene rings is 3. The second-order valence-electron chi connectivity index (χ2n) is 5.45. The van der Waals surface area contributed by atoms with Crippen LogP contribution in [-0.2, 0) is 11.3 Å². The number of hydrogen-bond donors (Lipinski definition) is 0. The third-order valence-electron chi connectivity index (χ3n) is 3.72. The maximum Gasteiger partial charge on any atom is 1.00 e. The molecule has 3 aromatic carbocycles. The molecule has 0 spiro atoms. The van der Waals surface area contributed by atoms with Crippen molar-refractivity contribution in [2.45, 2.75) is 12.6 Å². The molecule has 6 heteroatoms. The standard InChI is InChI=1S/C18H15BF3O.K/c20-19(21,22)18(23-13-14-6-2-1-3-7-14)17-11-10-15-8-4-5-9-16(15)12-17;/h1-12,18H,13H2;/q-1;+1. The van der Waals surface area contributed by atoms with Crippen LogP contribution in [0.3, 0.4) is 0 Å². The fraction of sp³-hybridized carbons (Fsp3) is 0.111. The molecule has 0 heterocycles.